The average Bonchev–Trinajstić information content (AvgIpc) is 3.08. The first-order valence-corrected chi connectivity index (χ1v) is 7.73. The second kappa shape index (κ2) is 5.37. The van der Waals surface area contributed by atoms with Crippen LogP contribution < -0.4 is 0 Å². The Balaban J connectivity index is 1.90. The van der Waals surface area contributed by atoms with Gasteiger partial charge in [0.2, 0.25) is 0 Å². The summed E-state index contributed by atoms with van der Waals surface area (Å²) in [6.45, 7) is 5.10. The van der Waals surface area contributed by atoms with E-state index in [1.807, 2.05) is 0 Å². The molecule has 108 valence electrons. The van der Waals surface area contributed by atoms with Crippen LogP contribution in [-0.2, 0) is 32.2 Å². The third kappa shape index (κ3) is 2.47. The highest BCUT2D eigenvalue weighted by Gasteiger charge is 2.38. The predicted octanol–water partition coefficient (Wildman–Crippen LogP) is 3.32. The molecule has 1 aliphatic rings. The van der Waals surface area contributed by atoms with Gasteiger partial charge in [-0.25, -0.2) is 0 Å². The molecule has 3 heteroatoms. The summed E-state index contributed by atoms with van der Waals surface area (Å²) in [5.41, 5.74) is 4.68. The van der Waals surface area contributed by atoms with Gasteiger partial charge in [-0.3, -0.25) is 4.68 Å². The lowest BCUT2D eigenvalue weighted by Crippen LogP contribution is -2.24. The molecule has 0 radical (unpaired) electrons. The van der Waals surface area contributed by atoms with Crippen molar-refractivity contribution in [3.05, 3.63) is 52.8 Å². The standard InChI is InChI=1S/C18H21N3/c1-3-16-9-17(21(4-2)20-16)12-18(13-19)10-14-7-5-6-8-15(14)11-18/h5-9H,3-4,10-12H2,1-2H3. The molecule has 0 N–H and O–H groups in total. The quantitative estimate of drug-likeness (QED) is 0.861. The topological polar surface area (TPSA) is 41.6 Å². The first kappa shape index (κ1) is 13.9. The fourth-order valence-electron chi connectivity index (χ4n) is 3.39. The maximum absolute atomic E-state index is 9.80. The number of aromatic nitrogens is 2. The van der Waals surface area contributed by atoms with Crippen molar-refractivity contribution in [2.24, 2.45) is 5.41 Å². The van der Waals surface area contributed by atoms with E-state index in [4.69, 9.17) is 0 Å². The molecular formula is C18H21N3. The average molecular weight is 279 g/mol. The molecule has 0 atom stereocenters. The molecule has 0 bridgehead atoms. The molecule has 21 heavy (non-hydrogen) atoms. The van der Waals surface area contributed by atoms with Gasteiger partial charge < -0.3 is 0 Å². The molecule has 0 amide bonds. The van der Waals surface area contributed by atoms with Crippen molar-refractivity contribution in [2.45, 2.75) is 46.1 Å². The predicted molar refractivity (Wildman–Crippen MR) is 82.9 cm³/mol. The van der Waals surface area contributed by atoms with E-state index < -0.39 is 0 Å². The molecular weight excluding hydrogens is 258 g/mol. The van der Waals surface area contributed by atoms with Gasteiger partial charge in [-0.2, -0.15) is 10.4 Å². The second-order valence-electron chi connectivity index (χ2n) is 5.99. The minimum absolute atomic E-state index is 0.304. The van der Waals surface area contributed by atoms with E-state index in [0.717, 1.165) is 37.9 Å². The summed E-state index contributed by atoms with van der Waals surface area (Å²) < 4.78 is 2.06. The van der Waals surface area contributed by atoms with Crippen LogP contribution in [0.3, 0.4) is 0 Å². The first-order valence-electron chi connectivity index (χ1n) is 7.73. The van der Waals surface area contributed by atoms with Crippen LogP contribution in [0.5, 0.6) is 0 Å². The molecule has 0 spiro atoms. The zero-order valence-corrected chi connectivity index (χ0v) is 12.8. The highest BCUT2D eigenvalue weighted by atomic mass is 15.3. The summed E-state index contributed by atoms with van der Waals surface area (Å²) >= 11 is 0. The number of nitrogens with zero attached hydrogens (tertiary/aromatic N) is 3. The van der Waals surface area contributed by atoms with Gasteiger partial charge in [0.15, 0.2) is 0 Å². The summed E-state index contributed by atoms with van der Waals surface area (Å²) in [6, 6.07) is 13.2. The van der Waals surface area contributed by atoms with E-state index in [2.05, 4.69) is 60.0 Å². The summed E-state index contributed by atoms with van der Waals surface area (Å²) in [4.78, 5) is 0. The first-order chi connectivity index (χ1) is 10.2. The van der Waals surface area contributed by atoms with Gasteiger partial charge in [0.25, 0.3) is 0 Å². The molecule has 3 nitrogen and oxygen atoms in total. The molecule has 3 rings (SSSR count). The van der Waals surface area contributed by atoms with Crippen LogP contribution in [0.4, 0.5) is 0 Å². The van der Waals surface area contributed by atoms with E-state index in [0.29, 0.717) is 0 Å². The number of hydrogen-bond donors (Lipinski definition) is 0. The van der Waals surface area contributed by atoms with Gasteiger partial charge in [0.1, 0.15) is 0 Å². The lowest BCUT2D eigenvalue weighted by Gasteiger charge is -2.20. The number of rotatable bonds is 4. The maximum atomic E-state index is 9.80. The fourth-order valence-corrected chi connectivity index (χ4v) is 3.39. The highest BCUT2D eigenvalue weighted by molar-refractivity contribution is 5.38. The van der Waals surface area contributed by atoms with Crippen molar-refractivity contribution in [3.63, 3.8) is 0 Å². The van der Waals surface area contributed by atoms with Crippen LogP contribution in [0.15, 0.2) is 30.3 Å². The van der Waals surface area contributed by atoms with E-state index in [1.54, 1.807) is 0 Å². The molecule has 1 aliphatic carbocycles. The van der Waals surface area contributed by atoms with Crippen LogP contribution in [0.25, 0.3) is 0 Å². The Morgan fingerprint density at radius 3 is 2.43 bits per heavy atom. The number of benzene rings is 1. The monoisotopic (exact) mass is 279 g/mol. The lowest BCUT2D eigenvalue weighted by atomic mass is 9.81. The van der Waals surface area contributed by atoms with Crippen molar-refractivity contribution < 1.29 is 0 Å². The summed E-state index contributed by atoms with van der Waals surface area (Å²) in [6.07, 6.45) is 3.45. The maximum Gasteiger partial charge on any atom is 0.0709 e. The van der Waals surface area contributed by atoms with E-state index in [9.17, 15) is 5.26 Å². The van der Waals surface area contributed by atoms with Gasteiger partial charge in [-0.15, -0.1) is 0 Å². The SMILES string of the molecule is CCc1cc(CC2(C#N)Cc3ccccc3C2)n(CC)n1. The van der Waals surface area contributed by atoms with Crippen LogP contribution in [0.1, 0.15) is 36.4 Å². The van der Waals surface area contributed by atoms with E-state index in [1.165, 1.54) is 16.8 Å². The van der Waals surface area contributed by atoms with Crippen molar-refractivity contribution in [1.29, 1.82) is 5.26 Å². The number of aryl methyl sites for hydroxylation is 2. The van der Waals surface area contributed by atoms with E-state index in [-0.39, 0.29) is 5.41 Å². The van der Waals surface area contributed by atoms with Crippen LogP contribution in [0.2, 0.25) is 0 Å². The molecule has 0 aliphatic heterocycles. The summed E-state index contributed by atoms with van der Waals surface area (Å²) in [5, 5.41) is 14.4. The van der Waals surface area contributed by atoms with Crippen LogP contribution >= 0.6 is 0 Å². The molecule has 0 unspecified atom stereocenters. The zero-order valence-electron chi connectivity index (χ0n) is 12.8. The highest BCUT2D eigenvalue weighted by Crippen LogP contribution is 2.39. The van der Waals surface area contributed by atoms with Gasteiger partial charge >= 0.3 is 0 Å². The Labute approximate surface area is 126 Å². The lowest BCUT2D eigenvalue weighted by molar-refractivity contribution is 0.401. The molecule has 1 heterocycles. The summed E-state index contributed by atoms with van der Waals surface area (Å²) in [7, 11) is 0. The molecule has 2 aromatic rings. The third-order valence-corrected chi connectivity index (χ3v) is 4.51. The smallest absolute Gasteiger partial charge is 0.0709 e. The second-order valence-corrected chi connectivity index (χ2v) is 5.99. The molecule has 1 aromatic carbocycles. The minimum atomic E-state index is -0.304. The molecule has 0 saturated carbocycles. The van der Waals surface area contributed by atoms with Crippen molar-refractivity contribution in [1.82, 2.24) is 9.78 Å². The Morgan fingerprint density at radius 2 is 1.90 bits per heavy atom. The van der Waals surface area contributed by atoms with Crippen molar-refractivity contribution >= 4 is 0 Å². The number of hydrogen-bond acceptors (Lipinski definition) is 2. The van der Waals surface area contributed by atoms with Crippen LogP contribution in [0, 0.1) is 16.7 Å². The van der Waals surface area contributed by atoms with Gasteiger partial charge in [-0.05, 0) is 43.4 Å². The minimum Gasteiger partial charge on any atom is -0.270 e. The fraction of sp³-hybridized carbons (Fsp3) is 0.444. The third-order valence-electron chi connectivity index (χ3n) is 4.51. The Morgan fingerprint density at radius 1 is 1.24 bits per heavy atom. The zero-order chi connectivity index (χ0) is 14.9. The van der Waals surface area contributed by atoms with Gasteiger partial charge in [0, 0.05) is 18.7 Å². The normalized spacial score (nSPS) is 15.7. The van der Waals surface area contributed by atoms with Gasteiger partial charge in [0.05, 0.1) is 17.2 Å². The largest absolute Gasteiger partial charge is 0.270 e. The van der Waals surface area contributed by atoms with Gasteiger partial charge in [-0.1, -0.05) is 31.2 Å². The number of nitriles is 1. The number of fused-ring (bicyclic) bond motifs is 1. The Kier molecular flexibility index (Phi) is 3.55. The van der Waals surface area contributed by atoms with Crippen molar-refractivity contribution in [2.75, 3.05) is 0 Å². The molecule has 0 saturated heterocycles. The molecule has 1 aromatic heterocycles. The van der Waals surface area contributed by atoms with E-state index >= 15 is 0 Å². The molecule has 0 fully saturated rings. The Hall–Kier alpha value is -2.08. The Bertz CT molecular complexity index is 666. The van der Waals surface area contributed by atoms with Crippen molar-refractivity contribution in [3.8, 4) is 6.07 Å². The van der Waals surface area contributed by atoms with Crippen LogP contribution in [-0.4, -0.2) is 9.78 Å². The summed E-state index contributed by atoms with van der Waals surface area (Å²) in [5.74, 6) is 0.